The maximum Gasteiger partial charge on any atom is 0.597 e. The van der Waals surface area contributed by atoms with Gasteiger partial charge in [-0.2, -0.15) is 0 Å². The summed E-state index contributed by atoms with van der Waals surface area (Å²) in [7, 11) is -1.48. The second-order valence-corrected chi connectivity index (χ2v) is 5.84. The highest BCUT2D eigenvalue weighted by molar-refractivity contribution is 6.58. The van der Waals surface area contributed by atoms with Gasteiger partial charge in [-0.25, -0.2) is 4.79 Å². The summed E-state index contributed by atoms with van der Waals surface area (Å²) >= 11 is 0. The van der Waals surface area contributed by atoms with Crippen molar-refractivity contribution in [1.29, 1.82) is 0 Å². The van der Waals surface area contributed by atoms with Crippen molar-refractivity contribution in [3.63, 3.8) is 0 Å². The maximum atomic E-state index is 10.9. The zero-order chi connectivity index (χ0) is 11.1. The van der Waals surface area contributed by atoms with Gasteiger partial charge < -0.3 is 23.5 Å². The fraction of sp³-hybridized carbons (Fsp3) is 0.857. The average molecular weight is 235 g/mol. The molecular weight excluding hydrogens is 222 g/mol. The molecule has 0 saturated carbocycles. The second-order valence-electron chi connectivity index (χ2n) is 3.47. The topological polar surface area (TPSA) is 97.2 Å². The molecule has 0 aromatic carbocycles. The summed E-state index contributed by atoms with van der Waals surface area (Å²) in [6, 6.07) is 0. The monoisotopic (exact) mass is 235 g/mol. The van der Waals surface area contributed by atoms with Crippen LogP contribution in [0.2, 0.25) is 0 Å². The van der Waals surface area contributed by atoms with Crippen LogP contribution in [0.4, 0.5) is 0 Å². The maximum absolute atomic E-state index is 10.9. The molecule has 0 radical (unpaired) electrons. The molecule has 8 heteroatoms. The predicted octanol–water partition coefficient (Wildman–Crippen LogP) is -1.71. The molecule has 2 bridgehead atoms. The molecule has 0 aromatic rings. The Kier molecular flexibility index (Phi) is 2.79. The number of aliphatic carboxylic acids is 1. The van der Waals surface area contributed by atoms with Crippen molar-refractivity contribution >= 4 is 14.9 Å². The lowest BCUT2D eigenvalue weighted by atomic mass is 10.1. The number of carboxylic acid groups (broad SMARTS) is 1. The van der Waals surface area contributed by atoms with Gasteiger partial charge in [0.15, 0.2) is 6.10 Å². The number of nitrogens with one attached hydrogen (secondary N) is 1. The molecule has 2 aliphatic heterocycles. The lowest BCUT2D eigenvalue weighted by Crippen LogP contribution is -2.54. The van der Waals surface area contributed by atoms with Gasteiger partial charge in [-0.1, -0.05) is 0 Å². The molecule has 3 N–H and O–H groups in total. The van der Waals surface area contributed by atoms with E-state index < -0.39 is 33.2 Å². The van der Waals surface area contributed by atoms with Gasteiger partial charge in [-0.15, -0.1) is 0 Å². The first-order chi connectivity index (χ1) is 7.08. The number of fused-ring (bicyclic) bond motifs is 2. The van der Waals surface area contributed by atoms with Crippen molar-refractivity contribution in [2.24, 2.45) is 0 Å². The number of aliphatic hydroxyl groups is 1. The van der Waals surface area contributed by atoms with Gasteiger partial charge >= 0.3 is 14.9 Å². The summed E-state index contributed by atoms with van der Waals surface area (Å²) in [4.78, 5) is 13.6. The van der Waals surface area contributed by atoms with E-state index in [1.165, 1.54) is 0 Å². The first kappa shape index (κ1) is 11.0. The van der Waals surface area contributed by atoms with E-state index in [4.69, 9.17) is 18.4 Å². The fourth-order valence-corrected chi connectivity index (χ4v) is 3.88. The molecule has 86 valence electrons. The van der Waals surface area contributed by atoms with Gasteiger partial charge in [0.05, 0.1) is 6.10 Å². The molecule has 15 heavy (non-hydrogen) atoms. The largest absolute Gasteiger partial charge is 0.597 e. The van der Waals surface area contributed by atoms with Crippen LogP contribution in [0.25, 0.3) is 0 Å². The highest BCUT2D eigenvalue weighted by Gasteiger charge is 2.60. The summed E-state index contributed by atoms with van der Waals surface area (Å²) in [5.41, 5.74) is 0. The van der Waals surface area contributed by atoms with Crippen molar-refractivity contribution in [3.05, 3.63) is 0 Å². The molecule has 2 rings (SSSR count). The number of aliphatic hydroxyl groups excluding tert-OH is 1. The van der Waals surface area contributed by atoms with Crippen molar-refractivity contribution in [3.8, 4) is 0 Å². The predicted molar refractivity (Wildman–Crippen MR) is 48.8 cm³/mol. The van der Waals surface area contributed by atoms with Gasteiger partial charge in [0.25, 0.3) is 0 Å². The molecular formula is C7H13NO6Si. The minimum absolute atomic E-state index is 0.303. The highest BCUT2D eigenvalue weighted by atomic mass is 28.4. The molecule has 0 aliphatic carbocycles. The van der Waals surface area contributed by atoms with Gasteiger partial charge in [0, 0.05) is 6.61 Å². The quantitative estimate of drug-likeness (QED) is 0.490. The van der Waals surface area contributed by atoms with Crippen LogP contribution in [-0.2, 0) is 18.1 Å². The Balaban J connectivity index is 2.24. The molecule has 2 saturated heterocycles. The van der Waals surface area contributed by atoms with Crippen LogP contribution < -0.4 is 4.98 Å². The lowest BCUT2D eigenvalue weighted by molar-refractivity contribution is -0.149. The number of hydrogen-bond acceptors (Lipinski definition) is 6. The van der Waals surface area contributed by atoms with E-state index in [1.807, 2.05) is 0 Å². The summed E-state index contributed by atoms with van der Waals surface area (Å²) < 4.78 is 16.0. The summed E-state index contributed by atoms with van der Waals surface area (Å²) in [6.07, 6.45) is -2.51. The zero-order valence-corrected chi connectivity index (χ0v) is 9.17. The Morgan fingerprint density at radius 3 is 2.87 bits per heavy atom. The molecule has 7 nitrogen and oxygen atoms in total. The van der Waals surface area contributed by atoms with Crippen molar-refractivity contribution < 1.29 is 28.3 Å². The van der Waals surface area contributed by atoms with Crippen LogP contribution in [0.1, 0.15) is 6.42 Å². The SMILES string of the molecule is CN[Si]12OCCC(O)C(O1)C(C(=O)O)O2. The van der Waals surface area contributed by atoms with E-state index in [-0.39, 0.29) is 0 Å². The molecule has 2 fully saturated rings. The first-order valence-electron chi connectivity index (χ1n) is 4.67. The molecule has 4 atom stereocenters. The minimum Gasteiger partial charge on any atom is -0.479 e. The number of carboxylic acids is 1. The van der Waals surface area contributed by atoms with Crippen molar-refractivity contribution in [2.75, 3.05) is 13.7 Å². The fourth-order valence-electron chi connectivity index (χ4n) is 1.71. The Labute approximate surface area is 87.4 Å². The average Bonchev–Trinajstić information content (AvgIpc) is 2.50. The Hall–Kier alpha value is -0.513. The van der Waals surface area contributed by atoms with Gasteiger partial charge in [-0.3, -0.25) is 4.98 Å². The van der Waals surface area contributed by atoms with Crippen LogP contribution in [0, 0.1) is 0 Å². The summed E-state index contributed by atoms with van der Waals surface area (Å²) in [5, 5.41) is 18.6. The molecule has 4 unspecified atom stereocenters. The Bertz CT molecular complexity index is 276. The van der Waals surface area contributed by atoms with Gasteiger partial charge in [0.2, 0.25) is 0 Å². The zero-order valence-electron chi connectivity index (χ0n) is 8.17. The van der Waals surface area contributed by atoms with E-state index in [9.17, 15) is 9.90 Å². The van der Waals surface area contributed by atoms with Crippen LogP contribution >= 0.6 is 0 Å². The third kappa shape index (κ3) is 1.79. The van der Waals surface area contributed by atoms with E-state index in [2.05, 4.69) is 4.98 Å². The molecule has 2 aliphatic rings. The molecule has 2 heterocycles. The van der Waals surface area contributed by atoms with E-state index in [0.717, 1.165) is 0 Å². The van der Waals surface area contributed by atoms with Crippen LogP contribution in [0.3, 0.4) is 0 Å². The second kappa shape index (κ2) is 3.81. The Morgan fingerprint density at radius 1 is 1.53 bits per heavy atom. The number of carbonyl (C=O) groups is 1. The summed E-state index contributed by atoms with van der Waals surface area (Å²) in [6.45, 7) is 0.303. The first-order valence-corrected chi connectivity index (χ1v) is 6.40. The standard InChI is InChI=1S/C7H13NO6Si/c1-8-15-12-3-2-4(9)5(13-15)6(14-15)7(10)11/h4-6,8-9H,2-3H2,1H3,(H,10,11). The number of rotatable bonds is 2. The van der Waals surface area contributed by atoms with Gasteiger partial charge in [-0.05, 0) is 13.5 Å². The molecule has 0 aromatic heterocycles. The van der Waals surface area contributed by atoms with E-state index in [1.54, 1.807) is 7.05 Å². The molecule has 0 spiro atoms. The smallest absolute Gasteiger partial charge is 0.479 e. The normalized spacial score (nSPS) is 45.1. The number of hydrogen-bond donors (Lipinski definition) is 3. The van der Waals surface area contributed by atoms with Crippen LogP contribution in [-0.4, -0.2) is 57.1 Å². The van der Waals surface area contributed by atoms with Crippen LogP contribution in [0.15, 0.2) is 0 Å². The lowest BCUT2D eigenvalue weighted by Gasteiger charge is -2.21. The van der Waals surface area contributed by atoms with Crippen molar-refractivity contribution in [1.82, 2.24) is 4.98 Å². The van der Waals surface area contributed by atoms with E-state index >= 15 is 0 Å². The van der Waals surface area contributed by atoms with E-state index in [0.29, 0.717) is 13.0 Å². The third-order valence-electron chi connectivity index (χ3n) is 2.51. The minimum atomic E-state index is -3.07. The molecule has 0 amide bonds. The van der Waals surface area contributed by atoms with Crippen molar-refractivity contribution in [2.45, 2.75) is 24.7 Å². The van der Waals surface area contributed by atoms with Crippen LogP contribution in [0.5, 0.6) is 0 Å². The summed E-state index contributed by atoms with van der Waals surface area (Å²) in [5.74, 6) is -1.14. The Morgan fingerprint density at radius 2 is 2.27 bits per heavy atom. The highest BCUT2D eigenvalue weighted by Crippen LogP contribution is 2.30. The van der Waals surface area contributed by atoms with Gasteiger partial charge in [0.1, 0.15) is 6.10 Å². The third-order valence-corrected chi connectivity index (χ3v) is 4.85.